The van der Waals surface area contributed by atoms with Crippen LogP contribution >= 0.6 is 0 Å². The Balaban J connectivity index is 2.26. The van der Waals surface area contributed by atoms with Crippen molar-refractivity contribution in [2.24, 2.45) is 5.92 Å². The van der Waals surface area contributed by atoms with Crippen molar-refractivity contribution in [3.05, 3.63) is 35.4 Å². The van der Waals surface area contributed by atoms with Gasteiger partial charge in [0.1, 0.15) is 17.3 Å². The van der Waals surface area contributed by atoms with E-state index in [4.69, 9.17) is 5.11 Å². The molecular formula is C15H17F2NO2. The number of hydrogen-bond acceptors (Lipinski definition) is 2. The van der Waals surface area contributed by atoms with Crippen LogP contribution in [0.5, 0.6) is 0 Å². The second-order valence-corrected chi connectivity index (χ2v) is 4.99. The average Bonchev–Trinajstić information content (AvgIpc) is 3.18. The topological polar surface area (TPSA) is 40.5 Å². The van der Waals surface area contributed by atoms with Gasteiger partial charge in [0.15, 0.2) is 0 Å². The molecule has 1 aromatic carbocycles. The maximum Gasteiger partial charge on any atom is 0.328 e. The molecule has 108 valence electrons. The minimum Gasteiger partial charge on any atom is -0.478 e. The minimum atomic E-state index is -1.15. The highest BCUT2D eigenvalue weighted by Gasteiger charge is 2.26. The van der Waals surface area contributed by atoms with E-state index in [1.807, 2.05) is 6.92 Å². The van der Waals surface area contributed by atoms with Crippen molar-refractivity contribution < 1.29 is 18.7 Å². The van der Waals surface area contributed by atoms with Gasteiger partial charge in [0.05, 0.1) is 0 Å². The van der Waals surface area contributed by atoms with E-state index in [9.17, 15) is 13.6 Å². The number of carboxylic acids is 1. The first-order chi connectivity index (χ1) is 9.51. The number of aliphatic carboxylic acids is 1. The number of carbonyl (C=O) groups is 1. The molecule has 0 spiro atoms. The summed E-state index contributed by atoms with van der Waals surface area (Å²) < 4.78 is 28.2. The van der Waals surface area contributed by atoms with Crippen LogP contribution in [0.25, 0.3) is 6.08 Å². The summed E-state index contributed by atoms with van der Waals surface area (Å²) in [5, 5.41) is 8.52. The third-order valence-electron chi connectivity index (χ3n) is 3.33. The molecule has 0 aliphatic heterocycles. The molecule has 0 atom stereocenters. The van der Waals surface area contributed by atoms with E-state index in [1.54, 1.807) is 4.90 Å². The maximum absolute atomic E-state index is 14.1. The van der Waals surface area contributed by atoms with Crippen LogP contribution in [0.1, 0.15) is 25.3 Å². The SMILES string of the molecule is CCN(CC1CC1)c1c(F)cc(C=CC(=O)O)cc1F. The van der Waals surface area contributed by atoms with Crippen LogP contribution < -0.4 is 4.90 Å². The Morgan fingerprint density at radius 2 is 2.00 bits per heavy atom. The van der Waals surface area contributed by atoms with Gasteiger partial charge < -0.3 is 10.0 Å². The lowest BCUT2D eigenvalue weighted by atomic mass is 10.1. The van der Waals surface area contributed by atoms with Crippen LogP contribution in [-0.2, 0) is 4.79 Å². The second-order valence-electron chi connectivity index (χ2n) is 4.99. The van der Waals surface area contributed by atoms with E-state index in [1.165, 1.54) is 6.08 Å². The molecule has 0 saturated heterocycles. The normalized spacial score (nSPS) is 14.8. The van der Waals surface area contributed by atoms with Crippen LogP contribution in [0.4, 0.5) is 14.5 Å². The summed E-state index contributed by atoms with van der Waals surface area (Å²) in [6.45, 7) is 3.06. The molecule has 0 unspecified atom stereocenters. The highest BCUT2D eigenvalue weighted by Crippen LogP contribution is 2.33. The number of anilines is 1. The summed E-state index contributed by atoms with van der Waals surface area (Å²) in [6, 6.07) is 2.32. The van der Waals surface area contributed by atoms with E-state index in [0.29, 0.717) is 19.0 Å². The zero-order valence-corrected chi connectivity index (χ0v) is 11.3. The summed E-state index contributed by atoms with van der Waals surface area (Å²) in [4.78, 5) is 12.1. The summed E-state index contributed by atoms with van der Waals surface area (Å²) in [7, 11) is 0. The van der Waals surface area contributed by atoms with Gasteiger partial charge >= 0.3 is 5.97 Å². The van der Waals surface area contributed by atoms with Crippen molar-refractivity contribution in [3.8, 4) is 0 Å². The molecule has 5 heteroatoms. The molecule has 0 bridgehead atoms. The van der Waals surface area contributed by atoms with Gasteiger partial charge in [-0.2, -0.15) is 0 Å². The van der Waals surface area contributed by atoms with Gasteiger partial charge in [-0.25, -0.2) is 13.6 Å². The second kappa shape index (κ2) is 6.03. The van der Waals surface area contributed by atoms with Gasteiger partial charge in [-0.1, -0.05) is 0 Å². The Hall–Kier alpha value is -1.91. The van der Waals surface area contributed by atoms with E-state index in [-0.39, 0.29) is 11.3 Å². The highest BCUT2D eigenvalue weighted by molar-refractivity contribution is 5.85. The van der Waals surface area contributed by atoms with E-state index in [0.717, 1.165) is 31.1 Å². The monoisotopic (exact) mass is 281 g/mol. The average molecular weight is 281 g/mol. The van der Waals surface area contributed by atoms with Crippen LogP contribution in [0.2, 0.25) is 0 Å². The lowest BCUT2D eigenvalue weighted by molar-refractivity contribution is -0.131. The summed E-state index contributed by atoms with van der Waals surface area (Å²) in [5.74, 6) is -1.94. The Kier molecular flexibility index (Phi) is 4.37. The van der Waals surface area contributed by atoms with Gasteiger partial charge in [0.2, 0.25) is 0 Å². The maximum atomic E-state index is 14.1. The van der Waals surface area contributed by atoms with Gasteiger partial charge in [-0.3, -0.25) is 0 Å². The van der Waals surface area contributed by atoms with Gasteiger partial charge in [0.25, 0.3) is 0 Å². The largest absolute Gasteiger partial charge is 0.478 e. The molecule has 20 heavy (non-hydrogen) atoms. The van der Waals surface area contributed by atoms with Crippen molar-refractivity contribution in [2.75, 3.05) is 18.0 Å². The molecule has 0 amide bonds. The first kappa shape index (κ1) is 14.5. The molecule has 0 radical (unpaired) electrons. The number of hydrogen-bond donors (Lipinski definition) is 1. The summed E-state index contributed by atoms with van der Waals surface area (Å²) in [6.07, 6.45) is 4.25. The van der Waals surface area contributed by atoms with Gasteiger partial charge in [-0.15, -0.1) is 0 Å². The fourth-order valence-electron chi connectivity index (χ4n) is 2.14. The summed E-state index contributed by atoms with van der Waals surface area (Å²) >= 11 is 0. The van der Waals surface area contributed by atoms with Crippen LogP contribution in [0.3, 0.4) is 0 Å². The number of nitrogens with zero attached hydrogens (tertiary/aromatic N) is 1. The number of benzene rings is 1. The lowest BCUT2D eigenvalue weighted by Gasteiger charge is -2.24. The summed E-state index contributed by atoms with van der Waals surface area (Å²) in [5.41, 5.74) is 0.181. The fourth-order valence-corrected chi connectivity index (χ4v) is 2.14. The van der Waals surface area contributed by atoms with Crippen LogP contribution in [-0.4, -0.2) is 24.2 Å². The standard InChI is InChI=1S/C15H17F2NO2/c1-2-18(9-10-3-4-10)15-12(16)7-11(8-13(15)17)5-6-14(19)20/h5-8,10H,2-4,9H2,1H3,(H,19,20). The van der Waals surface area contributed by atoms with Crippen molar-refractivity contribution in [1.29, 1.82) is 0 Å². The van der Waals surface area contributed by atoms with Crippen molar-refractivity contribution >= 4 is 17.7 Å². The number of halogens is 2. The molecule has 1 fully saturated rings. The molecule has 1 aromatic rings. The molecule has 0 aromatic heterocycles. The van der Waals surface area contributed by atoms with E-state index < -0.39 is 17.6 Å². The molecule has 2 rings (SSSR count). The molecule has 3 nitrogen and oxygen atoms in total. The third kappa shape index (κ3) is 3.56. The molecule has 1 saturated carbocycles. The van der Waals surface area contributed by atoms with E-state index >= 15 is 0 Å². The highest BCUT2D eigenvalue weighted by atomic mass is 19.1. The predicted molar refractivity (Wildman–Crippen MR) is 73.6 cm³/mol. The first-order valence-corrected chi connectivity index (χ1v) is 6.66. The molecular weight excluding hydrogens is 264 g/mol. The van der Waals surface area contributed by atoms with Crippen LogP contribution in [0.15, 0.2) is 18.2 Å². The fraction of sp³-hybridized carbons (Fsp3) is 0.400. The Morgan fingerprint density at radius 3 is 2.45 bits per heavy atom. The third-order valence-corrected chi connectivity index (χ3v) is 3.33. The Bertz CT molecular complexity index is 516. The predicted octanol–water partition coefficient (Wildman–Crippen LogP) is 3.30. The Morgan fingerprint density at radius 1 is 1.40 bits per heavy atom. The molecule has 1 N–H and O–H groups in total. The lowest BCUT2D eigenvalue weighted by Crippen LogP contribution is -2.27. The van der Waals surface area contributed by atoms with Gasteiger partial charge in [-0.05, 0) is 49.5 Å². The quantitative estimate of drug-likeness (QED) is 0.813. The molecule has 1 aliphatic rings. The van der Waals surface area contributed by atoms with E-state index in [2.05, 4.69) is 0 Å². The smallest absolute Gasteiger partial charge is 0.328 e. The van der Waals surface area contributed by atoms with Gasteiger partial charge in [0, 0.05) is 19.2 Å². The van der Waals surface area contributed by atoms with Crippen molar-refractivity contribution in [2.45, 2.75) is 19.8 Å². The van der Waals surface area contributed by atoms with Crippen molar-refractivity contribution in [3.63, 3.8) is 0 Å². The first-order valence-electron chi connectivity index (χ1n) is 6.66. The zero-order valence-electron chi connectivity index (χ0n) is 11.3. The Labute approximate surface area is 116 Å². The van der Waals surface area contributed by atoms with Crippen molar-refractivity contribution in [1.82, 2.24) is 0 Å². The minimum absolute atomic E-state index is 0.0214. The number of rotatable bonds is 6. The molecule has 0 heterocycles. The molecule has 1 aliphatic carbocycles. The zero-order chi connectivity index (χ0) is 14.7. The van der Waals surface area contributed by atoms with Crippen LogP contribution in [0, 0.1) is 17.6 Å². The number of carboxylic acid groups (broad SMARTS) is 1.